The second kappa shape index (κ2) is 7.72. The Hall–Kier alpha value is -1.79. The van der Waals surface area contributed by atoms with E-state index in [1.165, 1.54) is 0 Å². The van der Waals surface area contributed by atoms with Crippen LogP contribution in [-0.2, 0) is 9.59 Å². The van der Waals surface area contributed by atoms with Gasteiger partial charge in [0.05, 0.1) is 0 Å². The van der Waals surface area contributed by atoms with Gasteiger partial charge >= 0.3 is 12.0 Å². The highest BCUT2D eigenvalue weighted by atomic mass is 16.4. The minimum Gasteiger partial charge on any atom is -0.480 e. The molecule has 0 bridgehead atoms. The van der Waals surface area contributed by atoms with E-state index in [1.807, 2.05) is 6.92 Å². The molecule has 0 saturated heterocycles. The number of carbonyl (C=O) groups is 3. The summed E-state index contributed by atoms with van der Waals surface area (Å²) >= 11 is 0. The van der Waals surface area contributed by atoms with Gasteiger partial charge in [0.15, 0.2) is 0 Å². The van der Waals surface area contributed by atoms with Crippen LogP contribution in [0.2, 0.25) is 0 Å². The third-order valence-electron chi connectivity index (χ3n) is 3.64. The number of hydrogen-bond acceptors (Lipinski definition) is 3. The summed E-state index contributed by atoms with van der Waals surface area (Å²) in [5, 5.41) is 11.5. The standard InChI is InChI=1S/C13H23N3O4/c1-2-16(9-5-3-4-6-9)13(20)15-10(12(18)19)7-8-11(14)17/h9-10H,2-8H2,1H3,(H2,14,17)(H,15,20)(H,18,19). The Morgan fingerprint density at radius 2 is 1.95 bits per heavy atom. The molecule has 114 valence electrons. The zero-order valence-corrected chi connectivity index (χ0v) is 11.8. The lowest BCUT2D eigenvalue weighted by Crippen LogP contribution is -2.51. The zero-order valence-electron chi connectivity index (χ0n) is 11.8. The summed E-state index contributed by atoms with van der Waals surface area (Å²) in [6.07, 6.45) is 4.06. The lowest BCUT2D eigenvalue weighted by molar-refractivity contribution is -0.139. The average Bonchev–Trinajstić information content (AvgIpc) is 2.88. The fourth-order valence-corrected chi connectivity index (χ4v) is 2.56. The van der Waals surface area contributed by atoms with Gasteiger partial charge in [0.2, 0.25) is 5.91 Å². The van der Waals surface area contributed by atoms with Crippen LogP contribution in [-0.4, -0.2) is 46.5 Å². The number of rotatable bonds is 7. The van der Waals surface area contributed by atoms with Crippen molar-refractivity contribution >= 4 is 17.9 Å². The van der Waals surface area contributed by atoms with E-state index in [0.717, 1.165) is 25.7 Å². The highest BCUT2D eigenvalue weighted by molar-refractivity contribution is 5.83. The summed E-state index contributed by atoms with van der Waals surface area (Å²) < 4.78 is 0. The molecule has 0 spiro atoms. The van der Waals surface area contributed by atoms with Gasteiger partial charge in [-0.3, -0.25) is 4.79 Å². The number of nitrogens with two attached hydrogens (primary N) is 1. The van der Waals surface area contributed by atoms with Crippen LogP contribution in [0.4, 0.5) is 4.79 Å². The van der Waals surface area contributed by atoms with E-state index in [1.54, 1.807) is 4.90 Å². The molecule has 1 saturated carbocycles. The normalized spacial score (nSPS) is 16.6. The van der Waals surface area contributed by atoms with Gasteiger partial charge in [-0.2, -0.15) is 0 Å². The smallest absolute Gasteiger partial charge is 0.326 e. The molecule has 1 atom stereocenters. The predicted molar refractivity (Wildman–Crippen MR) is 73.0 cm³/mol. The summed E-state index contributed by atoms with van der Waals surface area (Å²) in [7, 11) is 0. The second-order valence-electron chi connectivity index (χ2n) is 5.07. The highest BCUT2D eigenvalue weighted by Gasteiger charge is 2.28. The zero-order chi connectivity index (χ0) is 15.1. The largest absolute Gasteiger partial charge is 0.480 e. The molecule has 0 aliphatic heterocycles. The number of amides is 3. The van der Waals surface area contributed by atoms with E-state index in [9.17, 15) is 14.4 Å². The molecule has 1 rings (SSSR count). The van der Waals surface area contributed by atoms with Crippen molar-refractivity contribution in [2.24, 2.45) is 5.73 Å². The third kappa shape index (κ3) is 4.71. The van der Waals surface area contributed by atoms with Crippen molar-refractivity contribution in [3.05, 3.63) is 0 Å². The van der Waals surface area contributed by atoms with Crippen LogP contribution in [0, 0.1) is 0 Å². The molecule has 3 amide bonds. The van der Waals surface area contributed by atoms with Gasteiger partial charge in [0.1, 0.15) is 6.04 Å². The van der Waals surface area contributed by atoms with Gasteiger partial charge in [-0.25, -0.2) is 9.59 Å². The molecule has 4 N–H and O–H groups in total. The van der Waals surface area contributed by atoms with E-state index in [2.05, 4.69) is 5.32 Å². The molecule has 1 unspecified atom stereocenters. The van der Waals surface area contributed by atoms with Crippen molar-refractivity contribution in [1.29, 1.82) is 0 Å². The van der Waals surface area contributed by atoms with Crippen molar-refractivity contribution < 1.29 is 19.5 Å². The Morgan fingerprint density at radius 1 is 1.35 bits per heavy atom. The highest BCUT2D eigenvalue weighted by Crippen LogP contribution is 2.23. The lowest BCUT2D eigenvalue weighted by Gasteiger charge is -2.29. The monoisotopic (exact) mass is 285 g/mol. The first-order chi connectivity index (χ1) is 9.45. The van der Waals surface area contributed by atoms with Gasteiger partial charge in [-0.15, -0.1) is 0 Å². The van der Waals surface area contributed by atoms with E-state index >= 15 is 0 Å². The maximum atomic E-state index is 12.2. The SMILES string of the molecule is CCN(C(=O)NC(CCC(N)=O)C(=O)O)C1CCCC1. The first kappa shape index (κ1) is 16.3. The lowest BCUT2D eigenvalue weighted by atomic mass is 10.1. The summed E-state index contributed by atoms with van der Waals surface area (Å²) in [5.41, 5.74) is 5.00. The molecular weight excluding hydrogens is 262 g/mol. The van der Waals surface area contributed by atoms with Crippen molar-refractivity contribution in [2.45, 2.75) is 57.5 Å². The van der Waals surface area contributed by atoms with E-state index in [-0.39, 0.29) is 24.9 Å². The molecule has 7 heteroatoms. The Labute approximate surface area is 118 Å². The van der Waals surface area contributed by atoms with Crippen molar-refractivity contribution in [3.8, 4) is 0 Å². The Bertz CT molecular complexity index is 367. The number of urea groups is 1. The summed E-state index contributed by atoms with van der Waals surface area (Å²) in [6.45, 7) is 2.41. The Morgan fingerprint density at radius 3 is 2.40 bits per heavy atom. The maximum absolute atomic E-state index is 12.2. The van der Waals surface area contributed by atoms with Gasteiger partial charge < -0.3 is 21.1 Å². The first-order valence-electron chi connectivity index (χ1n) is 7.04. The Kier molecular flexibility index (Phi) is 6.27. The third-order valence-corrected chi connectivity index (χ3v) is 3.64. The minimum atomic E-state index is -1.15. The number of carbonyl (C=O) groups excluding carboxylic acids is 2. The van der Waals surface area contributed by atoms with Gasteiger partial charge in [0.25, 0.3) is 0 Å². The van der Waals surface area contributed by atoms with Crippen molar-refractivity contribution in [3.63, 3.8) is 0 Å². The number of nitrogens with one attached hydrogen (secondary N) is 1. The second-order valence-corrected chi connectivity index (χ2v) is 5.07. The minimum absolute atomic E-state index is 0.0125. The first-order valence-corrected chi connectivity index (χ1v) is 7.04. The van der Waals surface area contributed by atoms with Crippen molar-refractivity contribution in [1.82, 2.24) is 10.2 Å². The summed E-state index contributed by atoms with van der Waals surface area (Å²) in [4.78, 5) is 35.6. The molecule has 1 aliphatic rings. The van der Waals surface area contributed by atoms with Crippen LogP contribution in [0.25, 0.3) is 0 Å². The fourth-order valence-electron chi connectivity index (χ4n) is 2.56. The van der Waals surface area contributed by atoms with Crippen LogP contribution >= 0.6 is 0 Å². The number of carboxylic acid groups (broad SMARTS) is 1. The summed E-state index contributed by atoms with van der Waals surface area (Å²) in [6, 6.07) is -1.27. The topological polar surface area (TPSA) is 113 Å². The van der Waals surface area contributed by atoms with Gasteiger partial charge in [-0.05, 0) is 26.2 Å². The molecule has 7 nitrogen and oxygen atoms in total. The Balaban J connectivity index is 2.58. The van der Waals surface area contributed by atoms with Crippen LogP contribution in [0.3, 0.4) is 0 Å². The average molecular weight is 285 g/mol. The molecular formula is C13H23N3O4. The van der Waals surface area contributed by atoms with Crippen molar-refractivity contribution in [2.75, 3.05) is 6.54 Å². The van der Waals surface area contributed by atoms with Crippen LogP contribution in [0.15, 0.2) is 0 Å². The molecule has 0 aromatic carbocycles. The van der Waals surface area contributed by atoms with Crippen LogP contribution in [0.1, 0.15) is 45.4 Å². The molecule has 0 aromatic rings. The molecule has 0 aromatic heterocycles. The number of primary amides is 1. The maximum Gasteiger partial charge on any atom is 0.326 e. The van der Waals surface area contributed by atoms with Gasteiger partial charge in [0, 0.05) is 19.0 Å². The molecule has 1 aliphatic carbocycles. The fraction of sp³-hybridized carbons (Fsp3) is 0.769. The van der Waals surface area contributed by atoms with E-state index in [4.69, 9.17) is 10.8 Å². The van der Waals surface area contributed by atoms with E-state index in [0.29, 0.717) is 6.54 Å². The summed E-state index contributed by atoms with van der Waals surface area (Å²) in [5.74, 6) is -1.73. The molecule has 0 radical (unpaired) electrons. The quantitative estimate of drug-likeness (QED) is 0.638. The number of carboxylic acids is 1. The number of aliphatic carboxylic acids is 1. The number of nitrogens with zero attached hydrogens (tertiary/aromatic N) is 1. The molecule has 1 fully saturated rings. The number of hydrogen-bond donors (Lipinski definition) is 3. The molecule has 0 heterocycles. The molecule has 20 heavy (non-hydrogen) atoms. The van der Waals surface area contributed by atoms with Gasteiger partial charge in [-0.1, -0.05) is 12.8 Å². The van der Waals surface area contributed by atoms with Crippen LogP contribution < -0.4 is 11.1 Å². The van der Waals surface area contributed by atoms with E-state index < -0.39 is 17.9 Å². The van der Waals surface area contributed by atoms with Crippen LogP contribution in [0.5, 0.6) is 0 Å². The predicted octanol–water partition coefficient (Wildman–Crippen LogP) is 0.679.